The van der Waals surface area contributed by atoms with Gasteiger partial charge in [0.2, 0.25) is 5.01 Å². The van der Waals surface area contributed by atoms with Crippen molar-refractivity contribution in [3.8, 4) is 10.4 Å². The molecule has 1 atom stereocenters. The summed E-state index contributed by atoms with van der Waals surface area (Å²) in [4.78, 5) is 35.6. The van der Waals surface area contributed by atoms with Crippen LogP contribution in [0.3, 0.4) is 0 Å². The first-order valence-electron chi connectivity index (χ1n) is 9.37. The number of thiazole rings is 1. The standard InChI is InChI=1S/C20H26N4O3S/c1-11-9-14(23-20(3,4)5)21-10-13(11)16-15(22-17(28-16)19(26)27)18(25)24-8-6-7-12(24)2/h9-10,12H,6-8H2,1-5H3,(H,21,23)(H,26,27)/t12-/m0/s1. The molecule has 0 aliphatic carbocycles. The molecular formula is C20H26N4O3S. The summed E-state index contributed by atoms with van der Waals surface area (Å²) < 4.78 is 0. The minimum absolute atomic E-state index is 0.0820. The minimum atomic E-state index is -1.13. The van der Waals surface area contributed by atoms with E-state index < -0.39 is 5.97 Å². The van der Waals surface area contributed by atoms with Crippen molar-refractivity contribution in [2.24, 2.45) is 0 Å². The van der Waals surface area contributed by atoms with Crippen molar-refractivity contribution in [3.05, 3.63) is 28.5 Å². The maximum Gasteiger partial charge on any atom is 0.365 e. The Balaban J connectivity index is 2.03. The van der Waals surface area contributed by atoms with Crippen LogP contribution >= 0.6 is 11.3 Å². The molecule has 1 amide bonds. The van der Waals surface area contributed by atoms with Gasteiger partial charge in [-0.15, -0.1) is 11.3 Å². The van der Waals surface area contributed by atoms with Crippen LogP contribution in [-0.2, 0) is 0 Å². The highest BCUT2D eigenvalue weighted by Gasteiger charge is 2.31. The maximum atomic E-state index is 13.1. The van der Waals surface area contributed by atoms with Crippen molar-refractivity contribution in [1.82, 2.24) is 14.9 Å². The highest BCUT2D eigenvalue weighted by Crippen LogP contribution is 2.35. The number of likely N-dealkylation sites (tertiary alicyclic amines) is 1. The maximum absolute atomic E-state index is 13.1. The molecule has 2 aromatic rings. The van der Waals surface area contributed by atoms with Gasteiger partial charge in [0.25, 0.3) is 5.91 Å². The molecule has 3 rings (SSSR count). The lowest BCUT2D eigenvalue weighted by molar-refractivity contribution is 0.0696. The van der Waals surface area contributed by atoms with Crippen LogP contribution in [0.2, 0.25) is 0 Å². The number of rotatable bonds is 4. The summed E-state index contributed by atoms with van der Waals surface area (Å²) in [6.45, 7) is 10.8. The molecule has 28 heavy (non-hydrogen) atoms. The van der Waals surface area contributed by atoms with E-state index in [4.69, 9.17) is 0 Å². The van der Waals surface area contributed by atoms with E-state index >= 15 is 0 Å². The molecule has 3 heterocycles. The van der Waals surface area contributed by atoms with Crippen molar-refractivity contribution in [1.29, 1.82) is 0 Å². The van der Waals surface area contributed by atoms with Crippen LogP contribution in [0.25, 0.3) is 10.4 Å². The Morgan fingerprint density at radius 3 is 2.61 bits per heavy atom. The third-order valence-electron chi connectivity index (χ3n) is 4.69. The summed E-state index contributed by atoms with van der Waals surface area (Å²) in [6, 6.07) is 2.04. The summed E-state index contributed by atoms with van der Waals surface area (Å²) in [7, 11) is 0. The Morgan fingerprint density at radius 1 is 1.36 bits per heavy atom. The molecular weight excluding hydrogens is 376 g/mol. The number of anilines is 1. The lowest BCUT2D eigenvalue weighted by Crippen LogP contribution is -2.34. The fourth-order valence-electron chi connectivity index (χ4n) is 3.36. The molecule has 2 N–H and O–H groups in total. The molecule has 1 saturated heterocycles. The molecule has 1 aliphatic heterocycles. The molecule has 0 unspecified atom stereocenters. The average molecular weight is 403 g/mol. The molecule has 8 heteroatoms. The number of carbonyl (C=O) groups is 2. The van der Waals surface area contributed by atoms with Crippen LogP contribution in [0.4, 0.5) is 5.82 Å². The number of nitrogens with zero attached hydrogens (tertiary/aromatic N) is 3. The van der Waals surface area contributed by atoms with Crippen LogP contribution in [-0.4, -0.2) is 50.0 Å². The van der Waals surface area contributed by atoms with Crippen molar-refractivity contribution in [2.75, 3.05) is 11.9 Å². The van der Waals surface area contributed by atoms with Gasteiger partial charge < -0.3 is 15.3 Å². The Morgan fingerprint density at radius 2 is 2.07 bits per heavy atom. The van der Waals surface area contributed by atoms with Gasteiger partial charge in [-0.1, -0.05) is 0 Å². The smallest absolute Gasteiger partial charge is 0.365 e. The quantitative estimate of drug-likeness (QED) is 0.801. The number of carbonyl (C=O) groups excluding carboxylic acids is 1. The second-order valence-corrected chi connectivity index (χ2v) is 9.25. The first kappa shape index (κ1) is 20.3. The zero-order chi connectivity index (χ0) is 20.6. The van der Waals surface area contributed by atoms with Gasteiger partial charge in [-0.2, -0.15) is 0 Å². The van der Waals surface area contributed by atoms with Crippen molar-refractivity contribution in [3.63, 3.8) is 0 Å². The van der Waals surface area contributed by atoms with E-state index in [0.717, 1.165) is 41.1 Å². The molecule has 2 aromatic heterocycles. The zero-order valence-electron chi connectivity index (χ0n) is 16.9. The van der Waals surface area contributed by atoms with Crippen LogP contribution in [0.5, 0.6) is 0 Å². The number of pyridine rings is 1. The first-order chi connectivity index (χ1) is 13.1. The van der Waals surface area contributed by atoms with Gasteiger partial charge in [-0.25, -0.2) is 14.8 Å². The summed E-state index contributed by atoms with van der Waals surface area (Å²) in [5, 5.41) is 12.6. The molecule has 0 saturated carbocycles. The summed E-state index contributed by atoms with van der Waals surface area (Å²) in [5.41, 5.74) is 1.72. The number of aromatic carboxylic acids is 1. The molecule has 1 fully saturated rings. The largest absolute Gasteiger partial charge is 0.476 e. The van der Waals surface area contributed by atoms with Gasteiger partial charge in [0.1, 0.15) is 11.5 Å². The Labute approximate surface area is 168 Å². The number of nitrogens with one attached hydrogen (secondary N) is 1. The lowest BCUT2D eigenvalue weighted by Gasteiger charge is -2.22. The molecule has 150 valence electrons. The van der Waals surface area contributed by atoms with Crippen LogP contribution in [0.15, 0.2) is 12.3 Å². The number of aromatic nitrogens is 2. The average Bonchev–Trinajstić information content (AvgIpc) is 3.19. The number of carboxylic acid groups (broad SMARTS) is 1. The SMILES string of the molecule is Cc1cc(NC(C)(C)C)ncc1-c1sc(C(=O)O)nc1C(=O)N1CCC[C@@H]1C. The lowest BCUT2D eigenvalue weighted by atomic mass is 10.1. The predicted molar refractivity (Wildman–Crippen MR) is 110 cm³/mol. The molecule has 0 spiro atoms. The number of hydrogen-bond donors (Lipinski definition) is 2. The second-order valence-electron chi connectivity index (χ2n) is 8.25. The summed E-state index contributed by atoms with van der Waals surface area (Å²) >= 11 is 1.02. The highest BCUT2D eigenvalue weighted by molar-refractivity contribution is 7.17. The van der Waals surface area contributed by atoms with Crippen molar-refractivity contribution < 1.29 is 14.7 Å². The van der Waals surface area contributed by atoms with Crippen molar-refractivity contribution >= 4 is 29.0 Å². The number of amides is 1. The monoisotopic (exact) mass is 402 g/mol. The van der Waals surface area contributed by atoms with Crippen LogP contribution in [0.1, 0.15) is 66.4 Å². The fraction of sp³-hybridized carbons (Fsp3) is 0.500. The molecule has 0 radical (unpaired) electrons. The van der Waals surface area contributed by atoms with Gasteiger partial charge in [0.05, 0.1) is 4.88 Å². The zero-order valence-corrected chi connectivity index (χ0v) is 17.7. The first-order valence-corrected chi connectivity index (χ1v) is 10.2. The highest BCUT2D eigenvalue weighted by atomic mass is 32.1. The summed E-state index contributed by atoms with van der Waals surface area (Å²) in [5.74, 6) is -0.603. The van der Waals surface area contributed by atoms with Crippen molar-refractivity contribution in [2.45, 2.75) is 59.0 Å². The van der Waals surface area contributed by atoms with E-state index in [1.807, 2.05) is 40.7 Å². The number of hydrogen-bond acceptors (Lipinski definition) is 6. The Kier molecular flexibility index (Phi) is 5.43. The number of carboxylic acids is 1. The predicted octanol–water partition coefficient (Wildman–Crippen LogP) is 4.05. The topological polar surface area (TPSA) is 95.4 Å². The summed E-state index contributed by atoms with van der Waals surface area (Å²) in [6.07, 6.45) is 3.59. The third-order valence-corrected chi connectivity index (χ3v) is 5.76. The van der Waals surface area contributed by atoms with E-state index in [2.05, 4.69) is 15.3 Å². The minimum Gasteiger partial charge on any atom is -0.476 e. The van der Waals surface area contributed by atoms with Gasteiger partial charge in [0.15, 0.2) is 0 Å². The third kappa shape index (κ3) is 4.16. The number of aryl methyl sites for hydroxylation is 1. The van der Waals surface area contributed by atoms with Crippen LogP contribution < -0.4 is 5.32 Å². The van der Waals surface area contributed by atoms with E-state index in [-0.39, 0.29) is 28.2 Å². The molecule has 7 nitrogen and oxygen atoms in total. The Bertz CT molecular complexity index is 917. The van der Waals surface area contributed by atoms with Crippen LogP contribution in [0, 0.1) is 6.92 Å². The molecule has 0 bridgehead atoms. The van der Waals surface area contributed by atoms with Gasteiger partial charge >= 0.3 is 5.97 Å². The van der Waals surface area contributed by atoms with Gasteiger partial charge in [0, 0.05) is 29.9 Å². The van der Waals surface area contributed by atoms with E-state index in [9.17, 15) is 14.7 Å². The second kappa shape index (κ2) is 7.50. The van der Waals surface area contributed by atoms with Gasteiger partial charge in [-0.05, 0) is 59.1 Å². The normalized spacial score (nSPS) is 17.0. The Hall–Kier alpha value is -2.48. The van der Waals surface area contributed by atoms with Gasteiger partial charge in [-0.3, -0.25) is 4.79 Å². The van der Waals surface area contributed by atoms with E-state index in [1.54, 1.807) is 11.1 Å². The van der Waals surface area contributed by atoms with E-state index in [0.29, 0.717) is 11.4 Å². The fourth-order valence-corrected chi connectivity index (χ4v) is 4.33. The molecule has 0 aromatic carbocycles. The van der Waals surface area contributed by atoms with E-state index in [1.165, 1.54) is 0 Å². The molecule has 1 aliphatic rings.